The predicted octanol–water partition coefficient (Wildman–Crippen LogP) is 3.76. The molecule has 0 atom stereocenters. The van der Waals surface area contributed by atoms with Crippen LogP contribution < -0.4 is 9.57 Å². The number of hydrogen-bond donors (Lipinski definition) is 2. The monoisotopic (exact) mass is 391 g/mol. The van der Waals surface area contributed by atoms with Crippen LogP contribution in [-0.2, 0) is 10.0 Å². The number of benzene rings is 2. The number of nitrogens with zero attached hydrogens (tertiary/aromatic N) is 1. The number of ether oxygens (including phenoxy) is 1. The number of hydrogen-bond acceptors (Lipinski definition) is 4. The van der Waals surface area contributed by atoms with E-state index in [1.54, 1.807) is 19.2 Å². The molecule has 0 aliphatic rings. The third-order valence-corrected chi connectivity index (χ3v) is 5.54. The molecule has 1 heterocycles. The van der Waals surface area contributed by atoms with Crippen LogP contribution in [0.25, 0.3) is 10.9 Å². The van der Waals surface area contributed by atoms with Gasteiger partial charge in [-0.05, 0) is 43.7 Å². The summed E-state index contributed by atoms with van der Waals surface area (Å²) in [6, 6.07) is 10.3. The summed E-state index contributed by atoms with van der Waals surface area (Å²) in [5.41, 5.74) is 3.33. The van der Waals surface area contributed by atoms with E-state index in [4.69, 9.17) is 16.3 Å². The standard InChI is InChI=1S/C18H18ClN3O3S/c1-11-4-6-13(7-5-11)26(23,24)22-20-10-15-14-9-17(25-3)12(2)8-16(14)21-18(15)19/h4-10,21-22H,1-3H3/b20-10+. The zero-order valence-electron chi connectivity index (χ0n) is 14.5. The highest BCUT2D eigenvalue weighted by Crippen LogP contribution is 2.30. The van der Waals surface area contributed by atoms with E-state index in [2.05, 4.69) is 14.9 Å². The van der Waals surface area contributed by atoms with Gasteiger partial charge in [-0.2, -0.15) is 13.5 Å². The quantitative estimate of drug-likeness (QED) is 0.513. The average molecular weight is 392 g/mol. The summed E-state index contributed by atoms with van der Waals surface area (Å²) < 4.78 is 29.9. The summed E-state index contributed by atoms with van der Waals surface area (Å²) in [5.74, 6) is 0.711. The Bertz CT molecular complexity index is 1090. The number of rotatable bonds is 5. The van der Waals surface area contributed by atoms with Gasteiger partial charge in [0.05, 0.1) is 18.2 Å². The number of fused-ring (bicyclic) bond motifs is 1. The molecule has 3 rings (SSSR count). The van der Waals surface area contributed by atoms with Crippen LogP contribution in [-0.4, -0.2) is 26.7 Å². The van der Waals surface area contributed by atoms with Crippen LogP contribution in [0, 0.1) is 13.8 Å². The number of halogens is 1. The van der Waals surface area contributed by atoms with Crippen molar-refractivity contribution in [2.75, 3.05) is 7.11 Å². The molecule has 0 spiro atoms. The van der Waals surface area contributed by atoms with Crippen LogP contribution in [0.2, 0.25) is 5.15 Å². The molecule has 0 unspecified atom stereocenters. The minimum Gasteiger partial charge on any atom is -0.496 e. The fourth-order valence-electron chi connectivity index (χ4n) is 2.59. The highest BCUT2D eigenvalue weighted by Gasteiger charge is 2.14. The number of aryl methyl sites for hydroxylation is 2. The number of aromatic amines is 1. The molecule has 0 saturated carbocycles. The van der Waals surface area contributed by atoms with Crippen LogP contribution in [0.4, 0.5) is 0 Å². The van der Waals surface area contributed by atoms with Crippen molar-refractivity contribution in [1.82, 2.24) is 9.82 Å². The van der Waals surface area contributed by atoms with E-state index < -0.39 is 10.0 Å². The lowest BCUT2D eigenvalue weighted by Gasteiger charge is -2.05. The Hall–Kier alpha value is -2.51. The van der Waals surface area contributed by atoms with Crippen molar-refractivity contribution in [2.45, 2.75) is 18.7 Å². The third-order valence-electron chi connectivity index (χ3n) is 4.00. The van der Waals surface area contributed by atoms with Crippen LogP contribution in [0.5, 0.6) is 5.75 Å². The van der Waals surface area contributed by atoms with E-state index in [-0.39, 0.29) is 4.90 Å². The van der Waals surface area contributed by atoms with Gasteiger partial charge in [0.15, 0.2) is 0 Å². The molecule has 26 heavy (non-hydrogen) atoms. The van der Waals surface area contributed by atoms with Gasteiger partial charge in [-0.25, -0.2) is 4.83 Å². The van der Waals surface area contributed by atoms with E-state index in [1.165, 1.54) is 18.3 Å². The van der Waals surface area contributed by atoms with Crippen LogP contribution >= 0.6 is 11.6 Å². The average Bonchev–Trinajstić information content (AvgIpc) is 2.89. The lowest BCUT2D eigenvalue weighted by Crippen LogP contribution is -2.18. The molecule has 8 heteroatoms. The third kappa shape index (κ3) is 3.54. The predicted molar refractivity (Wildman–Crippen MR) is 104 cm³/mol. The second-order valence-corrected chi connectivity index (χ2v) is 7.92. The second-order valence-electron chi connectivity index (χ2n) is 5.89. The van der Waals surface area contributed by atoms with Gasteiger partial charge in [0.2, 0.25) is 0 Å². The molecule has 0 saturated heterocycles. The zero-order chi connectivity index (χ0) is 18.9. The topological polar surface area (TPSA) is 83.5 Å². The highest BCUT2D eigenvalue weighted by atomic mass is 35.5. The zero-order valence-corrected chi connectivity index (χ0v) is 16.1. The summed E-state index contributed by atoms with van der Waals surface area (Å²) in [6.07, 6.45) is 1.38. The number of hydrazone groups is 1. The van der Waals surface area contributed by atoms with Gasteiger partial charge in [0.25, 0.3) is 10.0 Å². The first-order chi connectivity index (χ1) is 12.3. The van der Waals surface area contributed by atoms with E-state index >= 15 is 0 Å². The molecule has 0 radical (unpaired) electrons. The maximum absolute atomic E-state index is 12.3. The van der Waals surface area contributed by atoms with Crippen molar-refractivity contribution in [3.05, 3.63) is 58.2 Å². The fourth-order valence-corrected chi connectivity index (χ4v) is 3.64. The van der Waals surface area contributed by atoms with Crippen molar-refractivity contribution in [1.29, 1.82) is 0 Å². The minimum absolute atomic E-state index is 0.141. The number of sulfonamides is 1. The van der Waals surface area contributed by atoms with Gasteiger partial charge in [-0.1, -0.05) is 29.3 Å². The Labute approximate surface area is 156 Å². The van der Waals surface area contributed by atoms with E-state index in [1.807, 2.05) is 26.0 Å². The number of aromatic nitrogens is 1. The second kappa shape index (κ2) is 7.01. The Morgan fingerprint density at radius 2 is 1.88 bits per heavy atom. The van der Waals surface area contributed by atoms with Crippen molar-refractivity contribution in [3.8, 4) is 5.75 Å². The highest BCUT2D eigenvalue weighted by molar-refractivity contribution is 7.89. The molecule has 1 aromatic heterocycles. The van der Waals surface area contributed by atoms with Crippen molar-refractivity contribution < 1.29 is 13.2 Å². The Balaban J connectivity index is 1.91. The normalized spacial score (nSPS) is 12.0. The van der Waals surface area contributed by atoms with Crippen LogP contribution in [0.15, 0.2) is 46.4 Å². The Morgan fingerprint density at radius 3 is 2.54 bits per heavy atom. The molecule has 136 valence electrons. The fraction of sp³-hybridized carbons (Fsp3) is 0.167. The summed E-state index contributed by atoms with van der Waals surface area (Å²) in [4.78, 5) is 5.39. The molecule has 6 nitrogen and oxygen atoms in total. The maximum atomic E-state index is 12.3. The molecule has 0 bridgehead atoms. The first-order valence-corrected chi connectivity index (χ1v) is 9.65. The molecule has 2 aromatic carbocycles. The van der Waals surface area contributed by atoms with Gasteiger partial charge in [-0.3, -0.25) is 0 Å². The van der Waals surface area contributed by atoms with Crippen molar-refractivity contribution in [2.24, 2.45) is 5.10 Å². The van der Waals surface area contributed by atoms with E-state index in [0.29, 0.717) is 16.5 Å². The summed E-state index contributed by atoms with van der Waals surface area (Å²) in [5, 5.41) is 5.02. The number of methoxy groups -OCH3 is 1. The molecule has 3 aromatic rings. The van der Waals surface area contributed by atoms with Crippen LogP contribution in [0.3, 0.4) is 0 Å². The van der Waals surface area contributed by atoms with Crippen molar-refractivity contribution >= 4 is 38.7 Å². The van der Waals surface area contributed by atoms with E-state index in [0.717, 1.165) is 22.0 Å². The molecular formula is C18H18ClN3O3S. The summed E-state index contributed by atoms with van der Waals surface area (Å²) >= 11 is 6.24. The van der Waals surface area contributed by atoms with Gasteiger partial charge in [-0.15, -0.1) is 0 Å². The Kier molecular flexibility index (Phi) is 4.93. The smallest absolute Gasteiger partial charge is 0.276 e. The van der Waals surface area contributed by atoms with Gasteiger partial charge in [0, 0.05) is 16.5 Å². The Morgan fingerprint density at radius 1 is 1.19 bits per heavy atom. The largest absolute Gasteiger partial charge is 0.496 e. The molecule has 0 aliphatic carbocycles. The SMILES string of the molecule is COc1cc2c(/C=N/NS(=O)(=O)c3ccc(C)cc3)c(Cl)[nH]c2cc1C. The van der Waals surface area contributed by atoms with Gasteiger partial charge >= 0.3 is 0 Å². The lowest BCUT2D eigenvalue weighted by atomic mass is 10.1. The lowest BCUT2D eigenvalue weighted by molar-refractivity contribution is 0.412. The van der Waals surface area contributed by atoms with Gasteiger partial charge in [0.1, 0.15) is 10.9 Å². The van der Waals surface area contributed by atoms with Crippen LogP contribution in [0.1, 0.15) is 16.7 Å². The molecular weight excluding hydrogens is 374 g/mol. The maximum Gasteiger partial charge on any atom is 0.276 e. The molecule has 0 aliphatic heterocycles. The van der Waals surface area contributed by atoms with E-state index in [9.17, 15) is 8.42 Å². The first-order valence-electron chi connectivity index (χ1n) is 7.79. The van der Waals surface area contributed by atoms with Crippen molar-refractivity contribution in [3.63, 3.8) is 0 Å². The number of nitrogens with one attached hydrogen (secondary N) is 2. The minimum atomic E-state index is -3.74. The molecule has 0 amide bonds. The molecule has 2 N–H and O–H groups in total. The molecule has 0 fully saturated rings. The number of H-pyrrole nitrogens is 1. The first kappa shape index (κ1) is 18.3. The van der Waals surface area contributed by atoms with Gasteiger partial charge < -0.3 is 9.72 Å². The summed E-state index contributed by atoms with van der Waals surface area (Å²) in [7, 11) is -2.15. The summed E-state index contributed by atoms with van der Waals surface area (Å²) in [6.45, 7) is 3.81.